The zero-order chi connectivity index (χ0) is 11.7. The van der Waals surface area contributed by atoms with Gasteiger partial charge in [-0.05, 0) is 44.9 Å². The Morgan fingerprint density at radius 1 is 1.12 bits per heavy atom. The normalized spacial score (nSPS) is 38.0. The number of rotatable bonds is 2. The van der Waals surface area contributed by atoms with Gasteiger partial charge in [-0.25, -0.2) is 0 Å². The second-order valence-electron chi connectivity index (χ2n) is 6.12. The van der Waals surface area contributed by atoms with Gasteiger partial charge in [0, 0.05) is 12.1 Å². The highest BCUT2D eigenvalue weighted by Crippen LogP contribution is 2.39. The number of ether oxygens (including phenoxy) is 1. The molecule has 2 aliphatic carbocycles. The second-order valence-corrected chi connectivity index (χ2v) is 6.12. The zero-order valence-corrected chi connectivity index (χ0v) is 10.5. The maximum atomic E-state index is 12.1. The van der Waals surface area contributed by atoms with Crippen LogP contribution >= 0.6 is 0 Å². The van der Waals surface area contributed by atoms with E-state index in [4.69, 9.17) is 4.74 Å². The monoisotopic (exact) mass is 237 g/mol. The lowest BCUT2D eigenvalue weighted by molar-refractivity contribution is -0.157. The number of hydrogen-bond acceptors (Lipinski definition) is 3. The van der Waals surface area contributed by atoms with E-state index in [0.29, 0.717) is 5.54 Å². The van der Waals surface area contributed by atoms with Gasteiger partial charge in [0.1, 0.15) is 6.10 Å². The molecule has 3 fully saturated rings. The SMILES string of the molecule is O=C(OC1CCCCC1)C1CCCC2(CN2)C1. The molecule has 2 saturated carbocycles. The fraction of sp³-hybridized carbons (Fsp3) is 0.929. The molecule has 0 aromatic heterocycles. The van der Waals surface area contributed by atoms with E-state index in [1.165, 1.54) is 32.1 Å². The second kappa shape index (κ2) is 4.60. The van der Waals surface area contributed by atoms with Crippen LogP contribution in [0.4, 0.5) is 0 Å². The minimum Gasteiger partial charge on any atom is -0.462 e. The molecule has 1 aliphatic heterocycles. The summed E-state index contributed by atoms with van der Waals surface area (Å²) in [6.07, 6.45) is 10.6. The van der Waals surface area contributed by atoms with Crippen molar-refractivity contribution >= 4 is 5.97 Å². The molecule has 0 radical (unpaired) electrons. The summed E-state index contributed by atoms with van der Waals surface area (Å²) in [6.45, 7) is 1.11. The summed E-state index contributed by atoms with van der Waals surface area (Å²) in [7, 11) is 0. The van der Waals surface area contributed by atoms with Crippen molar-refractivity contribution in [2.75, 3.05) is 6.54 Å². The van der Waals surface area contributed by atoms with Crippen molar-refractivity contribution in [3.63, 3.8) is 0 Å². The van der Waals surface area contributed by atoms with Crippen LogP contribution in [-0.4, -0.2) is 24.2 Å². The highest BCUT2D eigenvalue weighted by atomic mass is 16.5. The van der Waals surface area contributed by atoms with E-state index in [2.05, 4.69) is 5.32 Å². The van der Waals surface area contributed by atoms with Gasteiger partial charge >= 0.3 is 5.97 Å². The average Bonchev–Trinajstić information content (AvgIpc) is 3.10. The van der Waals surface area contributed by atoms with Crippen LogP contribution in [0.3, 0.4) is 0 Å². The number of esters is 1. The van der Waals surface area contributed by atoms with Crippen LogP contribution in [0.15, 0.2) is 0 Å². The molecule has 3 nitrogen and oxygen atoms in total. The van der Waals surface area contributed by atoms with Crippen molar-refractivity contribution in [2.45, 2.75) is 69.4 Å². The average molecular weight is 237 g/mol. The first-order valence-corrected chi connectivity index (χ1v) is 7.23. The molecule has 96 valence electrons. The maximum Gasteiger partial charge on any atom is 0.309 e. The summed E-state index contributed by atoms with van der Waals surface area (Å²) in [6, 6.07) is 0. The quantitative estimate of drug-likeness (QED) is 0.592. The Bertz CT molecular complexity index is 293. The lowest BCUT2D eigenvalue weighted by atomic mass is 9.81. The molecule has 17 heavy (non-hydrogen) atoms. The highest BCUT2D eigenvalue weighted by Gasteiger charge is 2.47. The zero-order valence-electron chi connectivity index (χ0n) is 10.5. The Balaban J connectivity index is 1.51. The van der Waals surface area contributed by atoms with Gasteiger partial charge in [0.2, 0.25) is 0 Å². The topological polar surface area (TPSA) is 48.2 Å². The van der Waals surface area contributed by atoms with E-state index < -0.39 is 0 Å². The minimum absolute atomic E-state index is 0.0877. The largest absolute Gasteiger partial charge is 0.462 e. The van der Waals surface area contributed by atoms with Crippen molar-refractivity contribution in [3.05, 3.63) is 0 Å². The summed E-state index contributed by atoms with van der Waals surface area (Å²) >= 11 is 0. The van der Waals surface area contributed by atoms with E-state index in [1.54, 1.807) is 0 Å². The molecule has 0 bridgehead atoms. The van der Waals surface area contributed by atoms with Crippen LogP contribution in [0.1, 0.15) is 57.8 Å². The van der Waals surface area contributed by atoms with Crippen LogP contribution in [0.2, 0.25) is 0 Å². The first-order valence-electron chi connectivity index (χ1n) is 7.23. The highest BCUT2D eigenvalue weighted by molar-refractivity contribution is 5.73. The van der Waals surface area contributed by atoms with E-state index in [9.17, 15) is 4.79 Å². The molecule has 3 heteroatoms. The molecule has 2 atom stereocenters. The lowest BCUT2D eigenvalue weighted by Crippen LogP contribution is -2.33. The molecule has 1 spiro atoms. The summed E-state index contributed by atoms with van der Waals surface area (Å²) < 4.78 is 5.69. The Kier molecular flexibility index (Phi) is 3.12. The molecule has 1 saturated heterocycles. The predicted molar refractivity (Wildman–Crippen MR) is 65.7 cm³/mol. The summed E-state index contributed by atoms with van der Waals surface area (Å²) in [5.74, 6) is 0.255. The van der Waals surface area contributed by atoms with Gasteiger partial charge in [-0.2, -0.15) is 0 Å². The van der Waals surface area contributed by atoms with Gasteiger partial charge in [0.25, 0.3) is 0 Å². The molecule has 1 N–H and O–H groups in total. The Morgan fingerprint density at radius 3 is 2.59 bits per heavy atom. The number of hydrogen-bond donors (Lipinski definition) is 1. The summed E-state index contributed by atoms with van der Waals surface area (Å²) in [4.78, 5) is 12.1. The van der Waals surface area contributed by atoms with Crippen LogP contribution in [0, 0.1) is 5.92 Å². The standard InChI is InChI=1S/C14H23NO2/c16-13(17-12-6-2-1-3-7-12)11-5-4-8-14(9-11)10-15-14/h11-12,15H,1-10H2. The van der Waals surface area contributed by atoms with Crippen LogP contribution in [0.25, 0.3) is 0 Å². The third-order valence-corrected chi connectivity index (χ3v) is 4.69. The Labute approximate surface area is 103 Å². The predicted octanol–water partition coefficient (Wildman–Crippen LogP) is 2.39. The number of carbonyl (C=O) groups is 1. The molecule has 2 unspecified atom stereocenters. The first kappa shape index (κ1) is 11.5. The van der Waals surface area contributed by atoms with Gasteiger partial charge in [-0.15, -0.1) is 0 Å². The van der Waals surface area contributed by atoms with Gasteiger partial charge in [-0.1, -0.05) is 12.8 Å². The molecule has 0 amide bonds. The van der Waals surface area contributed by atoms with Gasteiger partial charge in [0.15, 0.2) is 0 Å². The van der Waals surface area contributed by atoms with Gasteiger partial charge in [-0.3, -0.25) is 4.79 Å². The molecule has 0 aromatic carbocycles. The van der Waals surface area contributed by atoms with Crippen LogP contribution < -0.4 is 5.32 Å². The number of nitrogens with one attached hydrogen (secondary N) is 1. The van der Waals surface area contributed by atoms with Crippen molar-refractivity contribution in [2.24, 2.45) is 5.92 Å². The molecule has 3 rings (SSSR count). The van der Waals surface area contributed by atoms with Crippen LogP contribution in [0.5, 0.6) is 0 Å². The molecular weight excluding hydrogens is 214 g/mol. The molecular formula is C14H23NO2. The van der Waals surface area contributed by atoms with Crippen molar-refractivity contribution in [1.29, 1.82) is 0 Å². The fourth-order valence-corrected chi connectivity index (χ4v) is 3.45. The molecule has 0 aromatic rings. The van der Waals surface area contributed by atoms with E-state index in [-0.39, 0.29) is 18.0 Å². The maximum absolute atomic E-state index is 12.1. The Hall–Kier alpha value is -0.570. The van der Waals surface area contributed by atoms with Crippen molar-refractivity contribution in [3.8, 4) is 0 Å². The first-order chi connectivity index (χ1) is 8.27. The van der Waals surface area contributed by atoms with Gasteiger partial charge < -0.3 is 10.1 Å². The van der Waals surface area contributed by atoms with Crippen molar-refractivity contribution in [1.82, 2.24) is 5.32 Å². The van der Waals surface area contributed by atoms with Crippen molar-refractivity contribution < 1.29 is 9.53 Å². The third-order valence-electron chi connectivity index (χ3n) is 4.69. The summed E-state index contributed by atoms with van der Waals surface area (Å²) in [5.41, 5.74) is 0.328. The fourth-order valence-electron chi connectivity index (χ4n) is 3.45. The molecule has 3 aliphatic rings. The minimum atomic E-state index is 0.0877. The third kappa shape index (κ3) is 2.65. The Morgan fingerprint density at radius 2 is 1.88 bits per heavy atom. The van der Waals surface area contributed by atoms with Gasteiger partial charge in [0.05, 0.1) is 5.92 Å². The molecule has 1 heterocycles. The smallest absolute Gasteiger partial charge is 0.309 e. The summed E-state index contributed by atoms with van der Waals surface area (Å²) in [5, 5.41) is 3.43. The van der Waals surface area contributed by atoms with E-state index in [0.717, 1.165) is 32.2 Å². The van der Waals surface area contributed by atoms with E-state index >= 15 is 0 Å². The lowest BCUT2D eigenvalue weighted by Gasteiger charge is -2.29. The van der Waals surface area contributed by atoms with Crippen LogP contribution in [-0.2, 0) is 9.53 Å². The number of carbonyl (C=O) groups excluding carboxylic acids is 1. The van der Waals surface area contributed by atoms with E-state index in [1.807, 2.05) is 0 Å².